The van der Waals surface area contributed by atoms with Crippen molar-refractivity contribution in [3.8, 4) is 11.5 Å². The lowest BCUT2D eigenvalue weighted by Crippen LogP contribution is -2.41. The Morgan fingerprint density at radius 1 is 1.27 bits per heavy atom. The Balaban J connectivity index is 2.34. The first-order chi connectivity index (χ1) is 10.2. The van der Waals surface area contributed by atoms with E-state index in [4.69, 9.17) is 14.0 Å². The van der Waals surface area contributed by atoms with Crippen LogP contribution in [0, 0.1) is 0 Å². The fourth-order valence-electron chi connectivity index (χ4n) is 2.20. The van der Waals surface area contributed by atoms with Crippen LogP contribution in [0.2, 0.25) is 0 Å². The van der Waals surface area contributed by atoms with Gasteiger partial charge in [-0.25, -0.2) is 0 Å². The molecular formula is C16H23BO4S. The van der Waals surface area contributed by atoms with Gasteiger partial charge < -0.3 is 19.2 Å². The van der Waals surface area contributed by atoms with Crippen molar-refractivity contribution in [2.24, 2.45) is 0 Å². The van der Waals surface area contributed by atoms with Gasteiger partial charge in [0, 0.05) is 11.3 Å². The molecule has 0 radical (unpaired) electrons. The second-order valence-electron chi connectivity index (χ2n) is 6.36. The van der Waals surface area contributed by atoms with Gasteiger partial charge in [0.25, 0.3) is 0 Å². The van der Waals surface area contributed by atoms with Crippen LogP contribution in [-0.2, 0) is 9.31 Å². The molecule has 2 rings (SSSR count). The second-order valence-corrected chi connectivity index (χ2v) is 6.68. The molecule has 0 unspecified atom stereocenters. The number of hydrogen-bond donors (Lipinski definition) is 2. The fraction of sp³-hybridized carbons (Fsp3) is 0.500. The minimum atomic E-state index is -0.479. The molecule has 4 nitrogen and oxygen atoms in total. The molecule has 1 heterocycles. The lowest BCUT2D eigenvalue weighted by molar-refractivity contribution is 0.00578. The topological polar surface area (TPSA) is 47.9 Å². The summed E-state index contributed by atoms with van der Waals surface area (Å²) < 4.78 is 17.2. The van der Waals surface area contributed by atoms with Crippen LogP contribution in [0.25, 0.3) is 6.08 Å². The number of benzene rings is 1. The van der Waals surface area contributed by atoms with E-state index in [2.05, 4.69) is 12.6 Å². The Bertz CT molecular complexity index is 568. The third kappa shape index (κ3) is 3.14. The summed E-state index contributed by atoms with van der Waals surface area (Å²) in [5.74, 6) is 0.995. The van der Waals surface area contributed by atoms with E-state index < -0.39 is 18.3 Å². The normalized spacial score (nSPS) is 20.3. The highest BCUT2D eigenvalue weighted by molar-refractivity contribution is 7.80. The largest absolute Gasteiger partial charge is 0.504 e. The smallest absolute Gasteiger partial charge is 0.491 e. The molecule has 1 saturated heterocycles. The summed E-state index contributed by atoms with van der Waals surface area (Å²) in [6, 6.07) is 5.35. The van der Waals surface area contributed by atoms with E-state index in [9.17, 15) is 5.11 Å². The highest BCUT2D eigenvalue weighted by atomic mass is 32.1. The van der Waals surface area contributed by atoms with Crippen molar-refractivity contribution in [2.75, 3.05) is 12.9 Å². The molecule has 22 heavy (non-hydrogen) atoms. The van der Waals surface area contributed by atoms with E-state index in [0.717, 1.165) is 5.47 Å². The zero-order valence-corrected chi connectivity index (χ0v) is 14.6. The van der Waals surface area contributed by atoms with Gasteiger partial charge in [0.15, 0.2) is 11.5 Å². The first kappa shape index (κ1) is 17.3. The van der Waals surface area contributed by atoms with Gasteiger partial charge in [0.1, 0.15) is 0 Å². The van der Waals surface area contributed by atoms with Gasteiger partial charge in [-0.15, -0.1) is 0 Å². The molecule has 0 amide bonds. The molecule has 1 aliphatic heterocycles. The molecular weight excluding hydrogens is 299 g/mol. The van der Waals surface area contributed by atoms with Crippen molar-refractivity contribution >= 4 is 25.8 Å². The number of para-hydroxylation sites is 1. The molecule has 6 heteroatoms. The van der Waals surface area contributed by atoms with E-state index >= 15 is 0 Å². The van der Waals surface area contributed by atoms with Gasteiger partial charge in [-0.1, -0.05) is 18.2 Å². The summed E-state index contributed by atoms with van der Waals surface area (Å²) in [5, 5.41) is 10.2. The van der Waals surface area contributed by atoms with Crippen LogP contribution in [-0.4, -0.2) is 36.3 Å². The summed E-state index contributed by atoms with van der Waals surface area (Å²) in [6.45, 7) is 8.02. The summed E-state index contributed by atoms with van der Waals surface area (Å²) in [7, 11) is 1.05. The zero-order valence-electron chi connectivity index (χ0n) is 13.7. The predicted octanol–water partition coefficient (Wildman–Crippen LogP) is 3.35. The van der Waals surface area contributed by atoms with Crippen LogP contribution in [0.15, 0.2) is 23.7 Å². The summed E-state index contributed by atoms with van der Waals surface area (Å²) >= 11 is 4.38. The van der Waals surface area contributed by atoms with E-state index in [0.29, 0.717) is 17.1 Å². The Labute approximate surface area is 138 Å². The molecule has 0 aromatic heterocycles. The van der Waals surface area contributed by atoms with Gasteiger partial charge >= 0.3 is 7.12 Å². The number of thiol groups is 1. The summed E-state index contributed by atoms with van der Waals surface area (Å²) in [5.41, 5.74) is 0.690. The molecule has 0 aliphatic carbocycles. The monoisotopic (exact) mass is 322 g/mol. The molecule has 1 N–H and O–H groups in total. The molecule has 0 spiro atoms. The average Bonchev–Trinajstić information content (AvgIpc) is 2.66. The zero-order chi connectivity index (χ0) is 16.5. The molecule has 1 aromatic rings. The maximum Gasteiger partial charge on any atom is 0.491 e. The Kier molecular flexibility index (Phi) is 4.85. The number of ether oxygens (including phenoxy) is 1. The molecule has 1 aromatic carbocycles. The fourth-order valence-corrected chi connectivity index (χ4v) is 2.44. The van der Waals surface area contributed by atoms with E-state index in [1.54, 1.807) is 6.07 Å². The van der Waals surface area contributed by atoms with Crippen LogP contribution in [0.1, 0.15) is 33.3 Å². The van der Waals surface area contributed by atoms with Crippen LogP contribution >= 0.6 is 12.6 Å². The lowest BCUT2D eigenvalue weighted by atomic mass is 9.78. The van der Waals surface area contributed by atoms with Crippen molar-refractivity contribution in [1.29, 1.82) is 0 Å². The van der Waals surface area contributed by atoms with Gasteiger partial charge in [0.2, 0.25) is 0 Å². The maximum atomic E-state index is 10.2. The Hall–Kier alpha value is -1.11. The van der Waals surface area contributed by atoms with Gasteiger partial charge in [-0.05, 0) is 39.2 Å². The number of rotatable bonds is 4. The van der Waals surface area contributed by atoms with Crippen molar-refractivity contribution in [3.05, 3.63) is 29.2 Å². The number of hydrogen-bond acceptors (Lipinski definition) is 5. The molecule has 120 valence electrons. The molecule has 0 atom stereocenters. The molecule has 0 bridgehead atoms. The standard InChI is InChI=1S/C16H23BO4S/c1-15(2)16(3,4)21-17(20-15)12(10-22)9-11-7-6-8-13(19-5)14(11)18/h6-9,18,22H,10H2,1-5H3. The third-order valence-electron chi connectivity index (χ3n) is 4.33. The second kappa shape index (κ2) is 6.18. The van der Waals surface area contributed by atoms with Crippen LogP contribution in [0.4, 0.5) is 0 Å². The average molecular weight is 322 g/mol. The van der Waals surface area contributed by atoms with E-state index in [1.807, 2.05) is 45.9 Å². The summed E-state index contributed by atoms with van der Waals surface area (Å²) in [4.78, 5) is 0. The summed E-state index contributed by atoms with van der Waals surface area (Å²) in [6.07, 6.45) is 1.84. The number of aromatic hydroxyl groups is 1. The minimum Gasteiger partial charge on any atom is -0.504 e. The van der Waals surface area contributed by atoms with E-state index in [1.165, 1.54) is 7.11 Å². The number of phenols is 1. The van der Waals surface area contributed by atoms with Gasteiger partial charge in [0.05, 0.1) is 18.3 Å². The van der Waals surface area contributed by atoms with Gasteiger partial charge in [-0.3, -0.25) is 0 Å². The van der Waals surface area contributed by atoms with Gasteiger partial charge in [-0.2, -0.15) is 12.6 Å². The highest BCUT2D eigenvalue weighted by Crippen LogP contribution is 2.39. The molecule has 0 saturated carbocycles. The Morgan fingerprint density at radius 2 is 1.86 bits per heavy atom. The van der Waals surface area contributed by atoms with Crippen molar-refractivity contribution in [3.63, 3.8) is 0 Å². The van der Waals surface area contributed by atoms with Crippen LogP contribution in [0.5, 0.6) is 11.5 Å². The number of methoxy groups -OCH3 is 1. The van der Waals surface area contributed by atoms with E-state index in [-0.39, 0.29) is 5.75 Å². The molecule has 1 aliphatic rings. The van der Waals surface area contributed by atoms with Crippen LogP contribution in [0.3, 0.4) is 0 Å². The third-order valence-corrected chi connectivity index (χ3v) is 4.69. The van der Waals surface area contributed by atoms with Crippen molar-refractivity contribution in [1.82, 2.24) is 0 Å². The predicted molar refractivity (Wildman–Crippen MR) is 92.6 cm³/mol. The number of phenolic OH excluding ortho intramolecular Hbond substituents is 1. The first-order valence-electron chi connectivity index (χ1n) is 7.25. The maximum absolute atomic E-state index is 10.2. The molecule has 1 fully saturated rings. The SMILES string of the molecule is COc1cccc(C=C(CS)B2OC(C)(C)C(C)(C)O2)c1O. The highest BCUT2D eigenvalue weighted by Gasteiger charge is 2.52. The van der Waals surface area contributed by atoms with Crippen LogP contribution < -0.4 is 4.74 Å². The quantitative estimate of drug-likeness (QED) is 0.659. The van der Waals surface area contributed by atoms with Crippen molar-refractivity contribution in [2.45, 2.75) is 38.9 Å². The van der Waals surface area contributed by atoms with Crippen molar-refractivity contribution < 1.29 is 19.2 Å². The Morgan fingerprint density at radius 3 is 2.36 bits per heavy atom. The minimum absolute atomic E-state index is 0.0980. The first-order valence-corrected chi connectivity index (χ1v) is 7.88. The lowest BCUT2D eigenvalue weighted by Gasteiger charge is -2.32.